The van der Waals surface area contributed by atoms with Crippen molar-refractivity contribution in [2.24, 2.45) is 5.92 Å². The lowest BCUT2D eigenvalue weighted by Gasteiger charge is -2.36. The fraction of sp³-hybridized carbons (Fsp3) is 0.625. The summed E-state index contributed by atoms with van der Waals surface area (Å²) in [7, 11) is 0. The van der Waals surface area contributed by atoms with Gasteiger partial charge in [-0.15, -0.1) is 0 Å². The Morgan fingerprint density at radius 2 is 1.95 bits per heavy atom. The molecule has 0 radical (unpaired) electrons. The zero-order chi connectivity index (χ0) is 14.7. The van der Waals surface area contributed by atoms with Crippen LogP contribution in [0.1, 0.15) is 37.4 Å². The van der Waals surface area contributed by atoms with E-state index >= 15 is 0 Å². The number of aromatic hydroxyl groups is 1. The third-order valence-electron chi connectivity index (χ3n) is 3.99. The molecule has 0 aliphatic carbocycles. The van der Waals surface area contributed by atoms with Crippen molar-refractivity contribution in [2.45, 2.75) is 33.2 Å². The molecule has 0 bridgehead atoms. The Kier molecular flexibility index (Phi) is 5.00. The SMILES string of the molecule is Cc1ccc(F)c([C@H](CC(C)C)N2CCNCC2)c1O. The number of aryl methyl sites for hydroxylation is 1. The summed E-state index contributed by atoms with van der Waals surface area (Å²) in [5, 5.41) is 13.6. The standard InChI is InChI=1S/C16H25FN2O/c1-11(2)10-14(19-8-6-18-7-9-19)15-13(17)5-4-12(3)16(15)20/h4-5,11,14,18,20H,6-10H2,1-3H3/t14-/m0/s1. The molecule has 0 spiro atoms. The number of hydrogen-bond acceptors (Lipinski definition) is 3. The summed E-state index contributed by atoms with van der Waals surface area (Å²) < 4.78 is 14.3. The molecule has 1 fully saturated rings. The summed E-state index contributed by atoms with van der Waals surface area (Å²) in [5.74, 6) is 0.278. The summed E-state index contributed by atoms with van der Waals surface area (Å²) in [5.41, 5.74) is 1.21. The summed E-state index contributed by atoms with van der Waals surface area (Å²) in [6.45, 7) is 9.72. The number of piperazine rings is 1. The van der Waals surface area contributed by atoms with Gasteiger partial charge in [0, 0.05) is 37.8 Å². The van der Waals surface area contributed by atoms with E-state index in [1.54, 1.807) is 6.07 Å². The molecule has 1 saturated heterocycles. The van der Waals surface area contributed by atoms with Gasteiger partial charge < -0.3 is 10.4 Å². The van der Waals surface area contributed by atoms with E-state index in [0.717, 1.165) is 38.2 Å². The summed E-state index contributed by atoms with van der Waals surface area (Å²) in [4.78, 5) is 2.29. The molecule has 4 heteroatoms. The van der Waals surface area contributed by atoms with Crippen molar-refractivity contribution in [1.29, 1.82) is 0 Å². The molecule has 1 aliphatic heterocycles. The van der Waals surface area contributed by atoms with E-state index in [-0.39, 0.29) is 17.6 Å². The number of phenolic OH excluding ortho intramolecular Hbond substituents is 1. The molecule has 0 aromatic heterocycles. The zero-order valence-corrected chi connectivity index (χ0v) is 12.6. The van der Waals surface area contributed by atoms with Crippen LogP contribution in [-0.4, -0.2) is 36.2 Å². The molecular weight excluding hydrogens is 255 g/mol. The van der Waals surface area contributed by atoms with Gasteiger partial charge in [-0.05, 0) is 30.9 Å². The second-order valence-electron chi connectivity index (χ2n) is 6.06. The highest BCUT2D eigenvalue weighted by Crippen LogP contribution is 2.37. The molecule has 112 valence electrons. The quantitative estimate of drug-likeness (QED) is 0.890. The molecule has 0 amide bonds. The van der Waals surface area contributed by atoms with Crippen LogP contribution in [0.4, 0.5) is 4.39 Å². The Morgan fingerprint density at radius 1 is 1.30 bits per heavy atom. The second-order valence-corrected chi connectivity index (χ2v) is 6.06. The van der Waals surface area contributed by atoms with Crippen molar-refractivity contribution in [3.8, 4) is 5.75 Å². The predicted octanol–water partition coefficient (Wildman–Crippen LogP) is 2.83. The van der Waals surface area contributed by atoms with Crippen LogP contribution in [0, 0.1) is 18.7 Å². The first-order valence-corrected chi connectivity index (χ1v) is 7.43. The highest BCUT2D eigenvalue weighted by atomic mass is 19.1. The van der Waals surface area contributed by atoms with Crippen molar-refractivity contribution >= 4 is 0 Å². The Morgan fingerprint density at radius 3 is 2.55 bits per heavy atom. The van der Waals surface area contributed by atoms with E-state index in [2.05, 4.69) is 24.1 Å². The van der Waals surface area contributed by atoms with Crippen molar-refractivity contribution in [3.05, 3.63) is 29.1 Å². The topological polar surface area (TPSA) is 35.5 Å². The van der Waals surface area contributed by atoms with Gasteiger partial charge >= 0.3 is 0 Å². The first-order valence-electron chi connectivity index (χ1n) is 7.43. The predicted molar refractivity (Wildman–Crippen MR) is 79.4 cm³/mol. The van der Waals surface area contributed by atoms with E-state index in [1.165, 1.54) is 6.07 Å². The Hall–Kier alpha value is -1.13. The average molecular weight is 280 g/mol. The molecule has 20 heavy (non-hydrogen) atoms. The fourth-order valence-corrected chi connectivity index (χ4v) is 2.90. The Bertz CT molecular complexity index is 456. The molecule has 0 unspecified atom stereocenters. The lowest BCUT2D eigenvalue weighted by Crippen LogP contribution is -2.45. The van der Waals surface area contributed by atoms with Gasteiger partial charge in [0.25, 0.3) is 0 Å². The van der Waals surface area contributed by atoms with Crippen molar-refractivity contribution < 1.29 is 9.50 Å². The maximum absolute atomic E-state index is 14.3. The lowest BCUT2D eigenvalue weighted by atomic mass is 9.92. The van der Waals surface area contributed by atoms with E-state index in [9.17, 15) is 9.50 Å². The maximum atomic E-state index is 14.3. The minimum atomic E-state index is -0.294. The van der Waals surface area contributed by atoms with Crippen LogP contribution in [0.2, 0.25) is 0 Å². The molecular formula is C16H25FN2O. The van der Waals surface area contributed by atoms with Crippen molar-refractivity contribution in [3.63, 3.8) is 0 Å². The summed E-state index contributed by atoms with van der Waals surface area (Å²) in [6, 6.07) is 3.06. The van der Waals surface area contributed by atoms with Crippen LogP contribution < -0.4 is 5.32 Å². The lowest BCUT2D eigenvalue weighted by molar-refractivity contribution is 0.148. The van der Waals surface area contributed by atoms with Gasteiger partial charge in [-0.3, -0.25) is 4.90 Å². The largest absolute Gasteiger partial charge is 0.507 e. The third-order valence-corrected chi connectivity index (χ3v) is 3.99. The molecule has 1 aliphatic rings. The van der Waals surface area contributed by atoms with Crippen molar-refractivity contribution in [2.75, 3.05) is 26.2 Å². The number of rotatable bonds is 4. The van der Waals surface area contributed by atoms with Crippen LogP contribution in [-0.2, 0) is 0 Å². The van der Waals surface area contributed by atoms with Crippen molar-refractivity contribution in [1.82, 2.24) is 10.2 Å². The number of phenols is 1. The van der Waals surface area contributed by atoms with Crippen LogP contribution in [0.25, 0.3) is 0 Å². The molecule has 2 N–H and O–H groups in total. The number of benzene rings is 1. The highest BCUT2D eigenvalue weighted by molar-refractivity contribution is 5.42. The van der Waals surface area contributed by atoms with Gasteiger partial charge in [-0.1, -0.05) is 19.9 Å². The molecule has 1 aromatic rings. The highest BCUT2D eigenvalue weighted by Gasteiger charge is 2.28. The van der Waals surface area contributed by atoms with Gasteiger partial charge in [0.2, 0.25) is 0 Å². The normalized spacial score (nSPS) is 18.4. The first-order chi connectivity index (χ1) is 9.50. The van der Waals surface area contributed by atoms with E-state index in [0.29, 0.717) is 11.5 Å². The van der Waals surface area contributed by atoms with Crippen LogP contribution in [0.3, 0.4) is 0 Å². The van der Waals surface area contributed by atoms with Gasteiger partial charge in [-0.2, -0.15) is 0 Å². The minimum absolute atomic E-state index is 0.0444. The summed E-state index contributed by atoms with van der Waals surface area (Å²) in [6.07, 6.45) is 0.855. The minimum Gasteiger partial charge on any atom is -0.507 e. The molecule has 1 aromatic carbocycles. The van der Waals surface area contributed by atoms with Gasteiger partial charge in [0.1, 0.15) is 11.6 Å². The number of hydrogen-bond donors (Lipinski definition) is 2. The second kappa shape index (κ2) is 6.55. The van der Waals surface area contributed by atoms with E-state index in [1.807, 2.05) is 6.92 Å². The Balaban J connectivity index is 2.37. The zero-order valence-electron chi connectivity index (χ0n) is 12.6. The number of nitrogens with zero attached hydrogens (tertiary/aromatic N) is 1. The Labute approximate surface area is 120 Å². The van der Waals surface area contributed by atoms with E-state index in [4.69, 9.17) is 0 Å². The fourth-order valence-electron chi connectivity index (χ4n) is 2.90. The molecule has 1 atom stereocenters. The van der Waals surface area contributed by atoms with Gasteiger partial charge in [0.15, 0.2) is 0 Å². The third kappa shape index (κ3) is 3.30. The van der Waals surface area contributed by atoms with Gasteiger partial charge in [0.05, 0.1) is 0 Å². The average Bonchev–Trinajstić information content (AvgIpc) is 2.43. The molecule has 2 rings (SSSR count). The number of nitrogens with one attached hydrogen (secondary N) is 1. The van der Waals surface area contributed by atoms with Crippen LogP contribution in [0.5, 0.6) is 5.75 Å². The number of halogens is 1. The summed E-state index contributed by atoms with van der Waals surface area (Å²) >= 11 is 0. The molecule has 1 heterocycles. The molecule has 0 saturated carbocycles. The van der Waals surface area contributed by atoms with Crippen LogP contribution >= 0.6 is 0 Å². The maximum Gasteiger partial charge on any atom is 0.131 e. The smallest absolute Gasteiger partial charge is 0.131 e. The molecule has 3 nitrogen and oxygen atoms in total. The first kappa shape index (κ1) is 15.3. The van der Waals surface area contributed by atoms with Crippen LogP contribution in [0.15, 0.2) is 12.1 Å². The van der Waals surface area contributed by atoms with E-state index < -0.39 is 0 Å². The van der Waals surface area contributed by atoms with Gasteiger partial charge in [-0.25, -0.2) is 4.39 Å². The monoisotopic (exact) mass is 280 g/mol.